The van der Waals surface area contributed by atoms with Gasteiger partial charge in [0.25, 0.3) is 0 Å². The molecule has 0 aliphatic carbocycles. The number of nitrogens with zero attached hydrogens (tertiary/aromatic N) is 1. The molecule has 0 aliphatic rings. The number of aliphatic hydroxyl groups excluding tert-OH is 3. The third-order valence-corrected chi connectivity index (χ3v) is 3.90. The van der Waals surface area contributed by atoms with E-state index in [-0.39, 0.29) is 19.8 Å². The summed E-state index contributed by atoms with van der Waals surface area (Å²) in [6.07, 6.45) is 0. The Hall–Kier alpha value is -1.05. The molecule has 1 heterocycles. The highest BCUT2D eigenvalue weighted by Gasteiger charge is 2.27. The Balaban J connectivity index is 2.09. The summed E-state index contributed by atoms with van der Waals surface area (Å²) in [5, 5.41) is 31.4. The zero-order chi connectivity index (χ0) is 13.0. The minimum absolute atomic E-state index is 0.328. The number of hydrogen-bond donors (Lipinski definition) is 4. The molecule has 0 radical (unpaired) electrons. The molecule has 0 fully saturated rings. The summed E-state index contributed by atoms with van der Waals surface area (Å²) in [4.78, 5) is 4.43. The number of aromatic nitrogens is 1. The largest absolute Gasteiger partial charge is 0.394 e. The van der Waals surface area contributed by atoms with Gasteiger partial charge in [0.15, 0.2) is 0 Å². The summed E-state index contributed by atoms with van der Waals surface area (Å²) in [6.45, 7) is -0.582. The fourth-order valence-electron chi connectivity index (χ4n) is 1.58. The highest BCUT2D eigenvalue weighted by molar-refractivity contribution is 7.18. The van der Waals surface area contributed by atoms with Gasteiger partial charge in [0.1, 0.15) is 5.01 Å². The van der Waals surface area contributed by atoms with Crippen molar-refractivity contribution in [2.45, 2.75) is 12.1 Å². The van der Waals surface area contributed by atoms with Crippen molar-refractivity contribution in [3.8, 4) is 0 Å². The Labute approximate surface area is 109 Å². The monoisotopic (exact) mass is 268 g/mol. The first-order chi connectivity index (χ1) is 8.73. The van der Waals surface area contributed by atoms with Crippen LogP contribution in [0.25, 0.3) is 10.2 Å². The molecular formula is C12H16N2O3S. The van der Waals surface area contributed by atoms with Crippen LogP contribution in [0.1, 0.15) is 5.01 Å². The molecule has 5 nitrogen and oxygen atoms in total. The van der Waals surface area contributed by atoms with Crippen molar-refractivity contribution in [3.05, 3.63) is 29.3 Å². The predicted octanol–water partition coefficient (Wildman–Crippen LogP) is 0.102. The molecule has 0 amide bonds. The third-order valence-electron chi connectivity index (χ3n) is 2.86. The van der Waals surface area contributed by atoms with Crippen LogP contribution in [0.15, 0.2) is 24.3 Å². The Morgan fingerprint density at radius 1 is 1.11 bits per heavy atom. The summed E-state index contributed by atoms with van der Waals surface area (Å²) in [7, 11) is 0. The van der Waals surface area contributed by atoms with E-state index >= 15 is 0 Å². The fourth-order valence-corrected chi connectivity index (χ4v) is 2.48. The zero-order valence-electron chi connectivity index (χ0n) is 9.83. The minimum atomic E-state index is -1.06. The van der Waals surface area contributed by atoms with Gasteiger partial charge in [0.05, 0.1) is 35.6 Å². The van der Waals surface area contributed by atoms with Gasteiger partial charge in [0.2, 0.25) is 0 Å². The van der Waals surface area contributed by atoms with E-state index in [0.717, 1.165) is 15.2 Å². The van der Waals surface area contributed by atoms with Crippen LogP contribution < -0.4 is 5.32 Å². The van der Waals surface area contributed by atoms with Gasteiger partial charge in [-0.2, -0.15) is 0 Å². The maximum absolute atomic E-state index is 9.19. The van der Waals surface area contributed by atoms with Gasteiger partial charge in [-0.3, -0.25) is 5.32 Å². The van der Waals surface area contributed by atoms with Crippen LogP contribution in [0, 0.1) is 0 Å². The first-order valence-electron chi connectivity index (χ1n) is 5.65. The van der Waals surface area contributed by atoms with Crippen LogP contribution in [-0.2, 0) is 6.54 Å². The number of benzene rings is 1. The maximum Gasteiger partial charge on any atom is 0.108 e. The first kappa shape index (κ1) is 13.4. The molecule has 0 aliphatic heterocycles. The Morgan fingerprint density at radius 3 is 2.39 bits per heavy atom. The van der Waals surface area contributed by atoms with Crippen LogP contribution in [-0.4, -0.2) is 45.7 Å². The third kappa shape index (κ3) is 2.68. The lowest BCUT2D eigenvalue weighted by molar-refractivity contribution is 0.0414. The summed E-state index contributed by atoms with van der Waals surface area (Å²) in [5.41, 5.74) is -0.125. The molecule has 6 heteroatoms. The van der Waals surface area contributed by atoms with Gasteiger partial charge >= 0.3 is 0 Å². The van der Waals surface area contributed by atoms with E-state index in [1.165, 1.54) is 0 Å². The number of thiazole rings is 1. The number of nitrogens with one attached hydrogen (secondary N) is 1. The molecule has 0 saturated heterocycles. The van der Waals surface area contributed by atoms with Crippen LogP contribution in [0.2, 0.25) is 0 Å². The number of para-hydroxylation sites is 1. The van der Waals surface area contributed by atoms with Gasteiger partial charge in [-0.15, -0.1) is 11.3 Å². The lowest BCUT2D eigenvalue weighted by Crippen LogP contribution is -2.54. The molecule has 2 aromatic rings. The standard InChI is InChI=1S/C12H16N2O3S/c15-6-12(7-16,8-17)13-5-11-14-9-3-1-2-4-10(9)18-11/h1-4,13,15-17H,5-8H2. The SMILES string of the molecule is OCC(CO)(CO)NCc1nc2ccccc2s1. The number of rotatable bonds is 6. The number of aliphatic hydroxyl groups is 3. The van der Waals surface area contributed by atoms with Crippen LogP contribution in [0.4, 0.5) is 0 Å². The van der Waals surface area contributed by atoms with E-state index in [9.17, 15) is 15.3 Å². The van der Waals surface area contributed by atoms with Gasteiger partial charge in [0, 0.05) is 6.54 Å². The fraction of sp³-hybridized carbons (Fsp3) is 0.417. The Morgan fingerprint density at radius 2 is 1.78 bits per heavy atom. The normalized spacial score (nSPS) is 12.2. The summed E-state index contributed by atoms with van der Waals surface area (Å²) >= 11 is 1.55. The van der Waals surface area contributed by atoms with E-state index in [1.807, 2.05) is 24.3 Å². The molecule has 2 rings (SSSR count). The molecule has 0 atom stereocenters. The second kappa shape index (κ2) is 5.73. The van der Waals surface area contributed by atoms with Crippen molar-refractivity contribution in [2.24, 2.45) is 0 Å². The average Bonchev–Trinajstić information content (AvgIpc) is 2.84. The van der Waals surface area contributed by atoms with Gasteiger partial charge in [-0.05, 0) is 12.1 Å². The lowest BCUT2D eigenvalue weighted by Gasteiger charge is -2.28. The van der Waals surface area contributed by atoms with Crippen molar-refractivity contribution in [1.29, 1.82) is 0 Å². The molecule has 0 saturated carbocycles. The molecule has 4 N–H and O–H groups in total. The van der Waals surface area contributed by atoms with Crippen LogP contribution in [0.5, 0.6) is 0 Å². The average molecular weight is 268 g/mol. The maximum atomic E-state index is 9.19. The van der Waals surface area contributed by atoms with Crippen molar-refractivity contribution < 1.29 is 15.3 Å². The Bertz CT molecular complexity index is 469. The zero-order valence-corrected chi connectivity index (χ0v) is 10.7. The minimum Gasteiger partial charge on any atom is -0.394 e. The van der Waals surface area contributed by atoms with Gasteiger partial charge < -0.3 is 15.3 Å². The van der Waals surface area contributed by atoms with Crippen LogP contribution >= 0.6 is 11.3 Å². The van der Waals surface area contributed by atoms with E-state index in [1.54, 1.807) is 11.3 Å². The summed E-state index contributed by atoms with van der Waals surface area (Å²) in [5.74, 6) is 0. The van der Waals surface area contributed by atoms with Crippen molar-refractivity contribution in [1.82, 2.24) is 10.3 Å². The smallest absolute Gasteiger partial charge is 0.108 e. The van der Waals surface area contributed by atoms with Crippen LogP contribution in [0.3, 0.4) is 0 Å². The predicted molar refractivity (Wildman–Crippen MR) is 70.4 cm³/mol. The summed E-state index contributed by atoms with van der Waals surface area (Å²) in [6, 6.07) is 7.82. The quantitative estimate of drug-likeness (QED) is 0.597. The van der Waals surface area contributed by atoms with E-state index in [4.69, 9.17) is 0 Å². The molecule has 0 unspecified atom stereocenters. The molecular weight excluding hydrogens is 252 g/mol. The second-order valence-electron chi connectivity index (χ2n) is 4.18. The highest BCUT2D eigenvalue weighted by atomic mass is 32.1. The number of fused-ring (bicyclic) bond motifs is 1. The summed E-state index contributed by atoms with van der Waals surface area (Å²) < 4.78 is 1.09. The molecule has 0 bridgehead atoms. The highest BCUT2D eigenvalue weighted by Crippen LogP contribution is 2.21. The van der Waals surface area contributed by atoms with E-state index in [0.29, 0.717) is 6.54 Å². The van der Waals surface area contributed by atoms with Crippen molar-refractivity contribution in [3.63, 3.8) is 0 Å². The van der Waals surface area contributed by atoms with E-state index in [2.05, 4.69) is 10.3 Å². The molecule has 18 heavy (non-hydrogen) atoms. The topological polar surface area (TPSA) is 85.6 Å². The second-order valence-corrected chi connectivity index (χ2v) is 5.30. The molecule has 1 aromatic heterocycles. The molecule has 98 valence electrons. The Kier molecular flexibility index (Phi) is 4.26. The molecule has 0 spiro atoms. The van der Waals surface area contributed by atoms with Gasteiger partial charge in [-0.1, -0.05) is 12.1 Å². The van der Waals surface area contributed by atoms with Crippen molar-refractivity contribution >= 4 is 21.6 Å². The first-order valence-corrected chi connectivity index (χ1v) is 6.47. The number of hydrogen-bond acceptors (Lipinski definition) is 6. The molecule has 1 aromatic carbocycles. The van der Waals surface area contributed by atoms with Gasteiger partial charge in [-0.25, -0.2) is 4.98 Å². The lowest BCUT2D eigenvalue weighted by atomic mass is 10.0. The van der Waals surface area contributed by atoms with E-state index < -0.39 is 5.54 Å². The van der Waals surface area contributed by atoms with Crippen molar-refractivity contribution in [2.75, 3.05) is 19.8 Å².